The summed E-state index contributed by atoms with van der Waals surface area (Å²) in [5.41, 5.74) is 0.897. The number of hydrogen-bond acceptors (Lipinski definition) is 1. The van der Waals surface area contributed by atoms with Crippen LogP contribution in [0.2, 0.25) is 0 Å². The maximum absolute atomic E-state index is 13.5. The lowest BCUT2D eigenvalue weighted by atomic mass is 9.89. The van der Waals surface area contributed by atoms with Gasteiger partial charge < -0.3 is 5.32 Å². The molecule has 0 amide bonds. The summed E-state index contributed by atoms with van der Waals surface area (Å²) in [7, 11) is 0. The summed E-state index contributed by atoms with van der Waals surface area (Å²) in [5, 5.41) is 3.49. The Hall–Kier alpha value is -0.570. The summed E-state index contributed by atoms with van der Waals surface area (Å²) in [4.78, 5) is 0. The molecule has 1 N–H and O–H groups in total. The zero-order valence-corrected chi connectivity index (χ0v) is 13.3. The van der Waals surface area contributed by atoms with Gasteiger partial charge in [-0.15, -0.1) is 0 Å². The van der Waals surface area contributed by atoms with Gasteiger partial charge in [0.1, 0.15) is 5.82 Å². The van der Waals surface area contributed by atoms with E-state index in [1.807, 2.05) is 6.07 Å². The van der Waals surface area contributed by atoms with Gasteiger partial charge in [0, 0.05) is 11.7 Å². The van der Waals surface area contributed by atoms with Crippen LogP contribution in [0.4, 0.5) is 10.1 Å². The zero-order valence-electron chi connectivity index (χ0n) is 11.8. The molecular weight excluding hydrogens is 305 g/mol. The zero-order chi connectivity index (χ0) is 13.8. The fourth-order valence-electron chi connectivity index (χ4n) is 2.96. The SMILES string of the molecule is CC(C)C1CCCC(Nc2ccc(Br)c(F)c2)CC1. The molecule has 0 aromatic heterocycles. The Kier molecular flexibility index (Phi) is 5.26. The van der Waals surface area contributed by atoms with E-state index in [0.717, 1.165) is 17.5 Å². The Balaban J connectivity index is 1.94. The lowest BCUT2D eigenvalue weighted by Gasteiger charge is -2.20. The Labute approximate surface area is 124 Å². The van der Waals surface area contributed by atoms with Crippen molar-refractivity contribution in [2.45, 2.75) is 52.0 Å². The molecule has 1 aromatic carbocycles. The highest BCUT2D eigenvalue weighted by molar-refractivity contribution is 9.10. The van der Waals surface area contributed by atoms with Crippen molar-refractivity contribution in [1.29, 1.82) is 0 Å². The topological polar surface area (TPSA) is 12.0 Å². The Morgan fingerprint density at radius 1 is 1.21 bits per heavy atom. The van der Waals surface area contributed by atoms with E-state index in [2.05, 4.69) is 35.1 Å². The minimum Gasteiger partial charge on any atom is -0.382 e. The van der Waals surface area contributed by atoms with Crippen molar-refractivity contribution in [2.24, 2.45) is 11.8 Å². The van der Waals surface area contributed by atoms with Gasteiger partial charge in [0.2, 0.25) is 0 Å². The number of rotatable bonds is 3. The van der Waals surface area contributed by atoms with Crippen molar-refractivity contribution in [3.63, 3.8) is 0 Å². The number of anilines is 1. The highest BCUT2D eigenvalue weighted by Gasteiger charge is 2.20. The van der Waals surface area contributed by atoms with Gasteiger partial charge >= 0.3 is 0 Å². The normalized spacial score (nSPS) is 24.3. The molecule has 106 valence electrons. The van der Waals surface area contributed by atoms with Gasteiger partial charge in [-0.2, -0.15) is 0 Å². The number of nitrogens with one attached hydrogen (secondary N) is 1. The molecule has 2 rings (SSSR count). The van der Waals surface area contributed by atoms with Crippen molar-refractivity contribution in [3.05, 3.63) is 28.5 Å². The summed E-state index contributed by atoms with van der Waals surface area (Å²) in [6.07, 6.45) is 6.29. The van der Waals surface area contributed by atoms with Crippen LogP contribution in [0, 0.1) is 17.7 Å². The highest BCUT2D eigenvalue weighted by atomic mass is 79.9. The Morgan fingerprint density at radius 2 is 2.00 bits per heavy atom. The molecule has 0 saturated heterocycles. The lowest BCUT2D eigenvalue weighted by Crippen LogP contribution is -2.18. The van der Waals surface area contributed by atoms with Crippen molar-refractivity contribution < 1.29 is 4.39 Å². The molecule has 2 unspecified atom stereocenters. The minimum absolute atomic E-state index is 0.196. The predicted octanol–water partition coefficient (Wildman–Crippen LogP) is 5.61. The van der Waals surface area contributed by atoms with Gasteiger partial charge in [-0.3, -0.25) is 0 Å². The summed E-state index contributed by atoms with van der Waals surface area (Å²) in [6.45, 7) is 4.64. The van der Waals surface area contributed by atoms with E-state index in [0.29, 0.717) is 10.5 Å². The Morgan fingerprint density at radius 3 is 2.68 bits per heavy atom. The molecule has 0 radical (unpaired) electrons. The van der Waals surface area contributed by atoms with Gasteiger partial charge in [0.25, 0.3) is 0 Å². The second-order valence-electron chi connectivity index (χ2n) is 5.98. The summed E-state index contributed by atoms with van der Waals surface area (Å²) >= 11 is 3.19. The van der Waals surface area contributed by atoms with Crippen LogP contribution in [0.25, 0.3) is 0 Å². The van der Waals surface area contributed by atoms with Gasteiger partial charge in [0.15, 0.2) is 0 Å². The van der Waals surface area contributed by atoms with Gasteiger partial charge in [-0.25, -0.2) is 4.39 Å². The second kappa shape index (κ2) is 6.74. The fourth-order valence-corrected chi connectivity index (χ4v) is 3.21. The molecular formula is C16H23BrFN. The van der Waals surface area contributed by atoms with E-state index in [1.54, 1.807) is 12.1 Å². The van der Waals surface area contributed by atoms with Crippen molar-refractivity contribution in [3.8, 4) is 0 Å². The Bertz CT molecular complexity index is 419. The van der Waals surface area contributed by atoms with Gasteiger partial charge in [-0.05, 0) is 65.2 Å². The number of hydrogen-bond donors (Lipinski definition) is 1. The third kappa shape index (κ3) is 4.20. The number of benzene rings is 1. The van der Waals surface area contributed by atoms with Crippen LogP contribution >= 0.6 is 15.9 Å². The van der Waals surface area contributed by atoms with E-state index >= 15 is 0 Å². The van der Waals surface area contributed by atoms with Crippen molar-refractivity contribution in [2.75, 3.05) is 5.32 Å². The molecule has 0 bridgehead atoms. The molecule has 1 saturated carbocycles. The largest absolute Gasteiger partial charge is 0.382 e. The smallest absolute Gasteiger partial charge is 0.139 e. The highest BCUT2D eigenvalue weighted by Crippen LogP contribution is 2.30. The average molecular weight is 328 g/mol. The molecule has 1 aliphatic rings. The van der Waals surface area contributed by atoms with Crippen LogP contribution in [0.1, 0.15) is 46.0 Å². The van der Waals surface area contributed by atoms with Crippen LogP contribution in [-0.4, -0.2) is 6.04 Å². The minimum atomic E-state index is -0.196. The fraction of sp³-hybridized carbons (Fsp3) is 0.625. The molecule has 1 aliphatic carbocycles. The van der Waals surface area contributed by atoms with Crippen LogP contribution in [0.15, 0.2) is 22.7 Å². The molecule has 2 atom stereocenters. The average Bonchev–Trinajstić information content (AvgIpc) is 2.59. The molecule has 0 heterocycles. The van der Waals surface area contributed by atoms with E-state index in [9.17, 15) is 4.39 Å². The number of halogens is 2. The van der Waals surface area contributed by atoms with Crippen LogP contribution < -0.4 is 5.32 Å². The molecule has 0 aliphatic heterocycles. The third-order valence-electron chi connectivity index (χ3n) is 4.25. The first-order valence-corrected chi connectivity index (χ1v) is 8.07. The molecule has 0 spiro atoms. The van der Waals surface area contributed by atoms with E-state index in [1.165, 1.54) is 32.1 Å². The third-order valence-corrected chi connectivity index (χ3v) is 4.89. The van der Waals surface area contributed by atoms with Gasteiger partial charge in [0.05, 0.1) is 4.47 Å². The van der Waals surface area contributed by atoms with Crippen LogP contribution in [0.5, 0.6) is 0 Å². The molecule has 1 aromatic rings. The summed E-state index contributed by atoms with van der Waals surface area (Å²) in [6, 6.07) is 5.78. The van der Waals surface area contributed by atoms with Crippen molar-refractivity contribution >= 4 is 21.6 Å². The van der Waals surface area contributed by atoms with E-state index in [-0.39, 0.29) is 5.82 Å². The van der Waals surface area contributed by atoms with E-state index < -0.39 is 0 Å². The van der Waals surface area contributed by atoms with Crippen LogP contribution in [-0.2, 0) is 0 Å². The van der Waals surface area contributed by atoms with Crippen molar-refractivity contribution in [1.82, 2.24) is 0 Å². The maximum atomic E-state index is 13.5. The molecule has 1 nitrogen and oxygen atoms in total. The standard InChI is InChI=1S/C16H23BrFN/c1-11(2)12-4-3-5-13(7-6-12)19-14-8-9-15(17)16(18)10-14/h8-13,19H,3-7H2,1-2H3. The predicted molar refractivity (Wildman–Crippen MR) is 82.9 cm³/mol. The molecule has 19 heavy (non-hydrogen) atoms. The van der Waals surface area contributed by atoms with Crippen LogP contribution in [0.3, 0.4) is 0 Å². The summed E-state index contributed by atoms with van der Waals surface area (Å²) in [5.74, 6) is 1.44. The molecule has 1 fully saturated rings. The van der Waals surface area contributed by atoms with Gasteiger partial charge in [-0.1, -0.05) is 26.7 Å². The first-order valence-electron chi connectivity index (χ1n) is 7.28. The quantitative estimate of drug-likeness (QED) is 0.712. The first kappa shape index (κ1) is 14.8. The maximum Gasteiger partial charge on any atom is 0.139 e. The second-order valence-corrected chi connectivity index (χ2v) is 6.84. The summed E-state index contributed by atoms with van der Waals surface area (Å²) < 4.78 is 14.0. The van der Waals surface area contributed by atoms with E-state index in [4.69, 9.17) is 0 Å². The first-order chi connectivity index (χ1) is 9.06. The molecule has 3 heteroatoms. The monoisotopic (exact) mass is 327 g/mol. The lowest BCUT2D eigenvalue weighted by molar-refractivity contribution is 0.341.